The molecular weight excluding hydrogens is 280 g/mol. The van der Waals surface area contributed by atoms with E-state index >= 15 is 0 Å². The van der Waals surface area contributed by atoms with E-state index < -0.39 is 6.17 Å². The lowest BCUT2D eigenvalue weighted by Gasteiger charge is -2.37. The van der Waals surface area contributed by atoms with Crippen LogP contribution in [-0.4, -0.2) is 29.6 Å². The van der Waals surface area contributed by atoms with Crippen LogP contribution >= 0.6 is 0 Å². The molecule has 1 heterocycles. The molecule has 0 saturated carbocycles. The molecule has 0 aromatic heterocycles. The molecule has 1 aliphatic rings. The number of nitrogens with one attached hydrogen (secondary N) is 1. The normalized spacial score (nSPS) is 16.9. The third-order valence-electron chi connectivity index (χ3n) is 3.91. The minimum atomic E-state index is -0.428. The van der Waals surface area contributed by atoms with Crippen LogP contribution < -0.4 is 10.1 Å². The van der Waals surface area contributed by atoms with Gasteiger partial charge < -0.3 is 20.1 Å². The second kappa shape index (κ2) is 5.60. The topological polar surface area (TPSA) is 61.8 Å². The van der Waals surface area contributed by atoms with Crippen LogP contribution in [0.5, 0.6) is 11.5 Å². The summed E-state index contributed by atoms with van der Waals surface area (Å²) in [6.45, 7) is 2.44. The van der Waals surface area contributed by atoms with E-state index in [1.165, 1.54) is 7.11 Å². The first-order chi connectivity index (χ1) is 10.7. The van der Waals surface area contributed by atoms with E-state index in [1.54, 1.807) is 29.2 Å². The summed E-state index contributed by atoms with van der Waals surface area (Å²) in [7, 11) is 1.51. The summed E-state index contributed by atoms with van der Waals surface area (Å²) in [5, 5.41) is 13.7. The molecule has 0 bridgehead atoms. The SMILES string of the molecule is CCN1C(=O)c2ccccc2N[C@@H]1c1cccc(OC)c1O. The summed E-state index contributed by atoms with van der Waals surface area (Å²) in [5.74, 6) is 0.388. The number of anilines is 1. The molecule has 1 aliphatic heterocycles. The Bertz CT molecular complexity index is 715. The Labute approximate surface area is 129 Å². The molecule has 0 saturated heterocycles. The molecule has 2 aromatic carbocycles. The molecule has 1 amide bonds. The number of fused-ring (bicyclic) bond motifs is 1. The lowest BCUT2D eigenvalue weighted by Crippen LogP contribution is -2.42. The number of hydrogen-bond acceptors (Lipinski definition) is 4. The van der Waals surface area contributed by atoms with Crippen molar-refractivity contribution < 1.29 is 14.6 Å². The van der Waals surface area contributed by atoms with E-state index in [4.69, 9.17) is 4.74 Å². The van der Waals surface area contributed by atoms with Crippen molar-refractivity contribution >= 4 is 11.6 Å². The zero-order valence-electron chi connectivity index (χ0n) is 12.5. The van der Waals surface area contributed by atoms with E-state index in [0.717, 1.165) is 5.69 Å². The number of aromatic hydroxyl groups is 1. The number of phenolic OH excluding ortho intramolecular Hbond substituents is 1. The van der Waals surface area contributed by atoms with Gasteiger partial charge >= 0.3 is 0 Å². The number of amides is 1. The fraction of sp³-hybridized carbons (Fsp3) is 0.235. The summed E-state index contributed by atoms with van der Waals surface area (Å²) in [6, 6.07) is 12.7. The van der Waals surface area contributed by atoms with Gasteiger partial charge in [0, 0.05) is 17.8 Å². The smallest absolute Gasteiger partial charge is 0.257 e. The quantitative estimate of drug-likeness (QED) is 0.914. The summed E-state index contributed by atoms with van der Waals surface area (Å²) < 4.78 is 5.16. The molecule has 2 aromatic rings. The maximum absolute atomic E-state index is 12.7. The standard InChI is InChI=1S/C17H18N2O3/c1-3-19-16(12-8-6-10-14(22-2)15(12)20)18-13-9-5-4-7-11(13)17(19)21/h4-10,16,18,20H,3H2,1-2H3/t16-/m0/s1. The number of ether oxygens (including phenoxy) is 1. The van der Waals surface area contributed by atoms with Gasteiger partial charge in [0.2, 0.25) is 0 Å². The predicted molar refractivity (Wildman–Crippen MR) is 84.2 cm³/mol. The highest BCUT2D eigenvalue weighted by Crippen LogP contribution is 2.39. The van der Waals surface area contributed by atoms with E-state index in [0.29, 0.717) is 23.4 Å². The van der Waals surface area contributed by atoms with Gasteiger partial charge in [0.1, 0.15) is 6.17 Å². The van der Waals surface area contributed by atoms with Crippen molar-refractivity contribution in [2.24, 2.45) is 0 Å². The van der Waals surface area contributed by atoms with Crippen molar-refractivity contribution in [3.8, 4) is 11.5 Å². The monoisotopic (exact) mass is 298 g/mol. The van der Waals surface area contributed by atoms with Gasteiger partial charge in [-0.05, 0) is 25.1 Å². The zero-order chi connectivity index (χ0) is 15.7. The molecule has 0 aliphatic carbocycles. The van der Waals surface area contributed by atoms with Crippen LogP contribution in [0.15, 0.2) is 42.5 Å². The van der Waals surface area contributed by atoms with Crippen molar-refractivity contribution in [2.75, 3.05) is 19.0 Å². The number of phenols is 1. The molecule has 0 spiro atoms. The zero-order valence-corrected chi connectivity index (χ0v) is 12.5. The van der Waals surface area contributed by atoms with Crippen molar-refractivity contribution in [1.29, 1.82) is 0 Å². The first-order valence-corrected chi connectivity index (χ1v) is 7.19. The minimum Gasteiger partial charge on any atom is -0.504 e. The van der Waals surface area contributed by atoms with Crippen molar-refractivity contribution in [3.05, 3.63) is 53.6 Å². The Morgan fingerprint density at radius 3 is 2.73 bits per heavy atom. The number of para-hydroxylation sites is 2. The highest BCUT2D eigenvalue weighted by Gasteiger charge is 2.33. The lowest BCUT2D eigenvalue weighted by atomic mass is 10.0. The fourth-order valence-corrected chi connectivity index (χ4v) is 2.79. The molecule has 0 radical (unpaired) electrons. The average Bonchev–Trinajstić information content (AvgIpc) is 2.55. The predicted octanol–water partition coefficient (Wildman–Crippen LogP) is 2.99. The number of methoxy groups -OCH3 is 1. The van der Waals surface area contributed by atoms with Gasteiger partial charge in [0.15, 0.2) is 11.5 Å². The average molecular weight is 298 g/mol. The number of hydrogen-bond donors (Lipinski definition) is 2. The van der Waals surface area contributed by atoms with Crippen molar-refractivity contribution in [2.45, 2.75) is 13.1 Å². The van der Waals surface area contributed by atoms with E-state index in [-0.39, 0.29) is 11.7 Å². The summed E-state index contributed by atoms with van der Waals surface area (Å²) in [5.41, 5.74) is 2.02. The largest absolute Gasteiger partial charge is 0.504 e. The molecule has 5 heteroatoms. The number of carbonyl (C=O) groups is 1. The van der Waals surface area contributed by atoms with Crippen molar-refractivity contribution in [1.82, 2.24) is 4.90 Å². The summed E-state index contributed by atoms with van der Waals surface area (Å²) in [6.07, 6.45) is -0.428. The number of benzene rings is 2. The van der Waals surface area contributed by atoms with E-state index in [2.05, 4.69) is 5.32 Å². The molecule has 3 rings (SSSR count). The molecule has 5 nitrogen and oxygen atoms in total. The first kappa shape index (κ1) is 14.3. The lowest BCUT2D eigenvalue weighted by molar-refractivity contribution is 0.0693. The van der Waals surface area contributed by atoms with Gasteiger partial charge in [-0.3, -0.25) is 4.79 Å². The third-order valence-corrected chi connectivity index (χ3v) is 3.91. The number of carbonyl (C=O) groups excluding carboxylic acids is 1. The molecule has 0 unspecified atom stereocenters. The van der Waals surface area contributed by atoms with Gasteiger partial charge in [-0.25, -0.2) is 0 Å². The molecule has 22 heavy (non-hydrogen) atoms. The summed E-state index contributed by atoms with van der Waals surface area (Å²) >= 11 is 0. The second-order valence-corrected chi connectivity index (χ2v) is 5.08. The number of nitrogens with zero attached hydrogens (tertiary/aromatic N) is 1. The Morgan fingerprint density at radius 1 is 1.23 bits per heavy atom. The Balaban J connectivity index is 2.09. The van der Waals surface area contributed by atoms with E-state index in [9.17, 15) is 9.90 Å². The molecule has 0 fully saturated rings. The van der Waals surface area contributed by atoms with Gasteiger partial charge in [-0.1, -0.05) is 24.3 Å². The molecule has 114 valence electrons. The molecule has 1 atom stereocenters. The van der Waals surface area contributed by atoms with Crippen LogP contribution in [0.4, 0.5) is 5.69 Å². The second-order valence-electron chi connectivity index (χ2n) is 5.08. The fourth-order valence-electron chi connectivity index (χ4n) is 2.79. The van der Waals surface area contributed by atoms with Crippen LogP contribution in [0, 0.1) is 0 Å². The van der Waals surface area contributed by atoms with Gasteiger partial charge in [0.25, 0.3) is 5.91 Å². The number of rotatable bonds is 3. The first-order valence-electron chi connectivity index (χ1n) is 7.19. The highest BCUT2D eigenvalue weighted by atomic mass is 16.5. The van der Waals surface area contributed by atoms with Crippen LogP contribution in [0.25, 0.3) is 0 Å². The van der Waals surface area contributed by atoms with Crippen LogP contribution in [0.2, 0.25) is 0 Å². The van der Waals surface area contributed by atoms with Crippen LogP contribution in [-0.2, 0) is 0 Å². The van der Waals surface area contributed by atoms with Gasteiger partial charge in [-0.2, -0.15) is 0 Å². The van der Waals surface area contributed by atoms with Crippen molar-refractivity contribution in [3.63, 3.8) is 0 Å². The Hall–Kier alpha value is -2.69. The van der Waals surface area contributed by atoms with Gasteiger partial charge in [0.05, 0.1) is 12.7 Å². The molecule has 2 N–H and O–H groups in total. The van der Waals surface area contributed by atoms with Crippen LogP contribution in [0.1, 0.15) is 29.0 Å². The maximum atomic E-state index is 12.7. The minimum absolute atomic E-state index is 0.0492. The van der Waals surface area contributed by atoms with E-state index in [1.807, 2.05) is 25.1 Å². The molecular formula is C17H18N2O3. The third kappa shape index (κ3) is 2.15. The summed E-state index contributed by atoms with van der Waals surface area (Å²) in [4.78, 5) is 14.4. The Morgan fingerprint density at radius 2 is 2.00 bits per heavy atom. The highest BCUT2D eigenvalue weighted by molar-refractivity contribution is 6.01. The Kier molecular flexibility index (Phi) is 3.63. The van der Waals surface area contributed by atoms with Crippen LogP contribution in [0.3, 0.4) is 0 Å². The van der Waals surface area contributed by atoms with Gasteiger partial charge in [-0.15, -0.1) is 0 Å². The maximum Gasteiger partial charge on any atom is 0.257 e.